The lowest BCUT2D eigenvalue weighted by molar-refractivity contribution is 0.0169. The average molecular weight is 293 g/mol. The molecule has 1 unspecified atom stereocenters. The highest BCUT2D eigenvalue weighted by Crippen LogP contribution is 2.35. The third-order valence-electron chi connectivity index (χ3n) is 3.64. The van der Waals surface area contributed by atoms with Crippen LogP contribution < -0.4 is 5.32 Å². The molecule has 0 bridgehead atoms. The molecule has 1 atom stereocenters. The second-order valence-electron chi connectivity index (χ2n) is 5.01. The zero-order valence-corrected chi connectivity index (χ0v) is 11.9. The summed E-state index contributed by atoms with van der Waals surface area (Å²) in [6.07, 6.45) is 3.87. The van der Waals surface area contributed by atoms with E-state index in [0.717, 1.165) is 35.7 Å². The van der Waals surface area contributed by atoms with Crippen molar-refractivity contribution in [2.75, 3.05) is 6.54 Å². The predicted octanol–water partition coefficient (Wildman–Crippen LogP) is 1.39. The first-order chi connectivity index (χ1) is 9.60. The standard InChI is InChI=1S/C13H15N3O3S/c1-8-11(20-16-15-8)12(17)14-7-13(18)5-2-3-10-9(13)4-6-19-10/h4,6,18H,2-3,5,7H2,1H3,(H,14,17). The Labute approximate surface area is 120 Å². The van der Waals surface area contributed by atoms with Crippen LogP contribution in [0.4, 0.5) is 0 Å². The van der Waals surface area contributed by atoms with Gasteiger partial charge in [0, 0.05) is 12.0 Å². The number of carbonyl (C=O) groups is 1. The Morgan fingerprint density at radius 1 is 1.65 bits per heavy atom. The number of nitrogens with zero attached hydrogens (tertiary/aromatic N) is 2. The maximum atomic E-state index is 12.0. The number of nitrogens with one attached hydrogen (secondary N) is 1. The maximum Gasteiger partial charge on any atom is 0.265 e. The van der Waals surface area contributed by atoms with E-state index in [1.807, 2.05) is 0 Å². The van der Waals surface area contributed by atoms with E-state index >= 15 is 0 Å². The molecule has 20 heavy (non-hydrogen) atoms. The molecular formula is C13H15N3O3S. The number of hydrogen-bond acceptors (Lipinski definition) is 6. The van der Waals surface area contributed by atoms with E-state index in [2.05, 4.69) is 14.9 Å². The van der Waals surface area contributed by atoms with Gasteiger partial charge in [-0.05, 0) is 37.4 Å². The van der Waals surface area contributed by atoms with Crippen LogP contribution in [-0.4, -0.2) is 27.1 Å². The van der Waals surface area contributed by atoms with E-state index in [4.69, 9.17) is 4.42 Å². The Morgan fingerprint density at radius 2 is 2.50 bits per heavy atom. The van der Waals surface area contributed by atoms with Crippen molar-refractivity contribution in [2.45, 2.75) is 31.8 Å². The van der Waals surface area contributed by atoms with Crippen molar-refractivity contribution in [2.24, 2.45) is 0 Å². The fraction of sp³-hybridized carbons (Fsp3) is 0.462. The Balaban J connectivity index is 1.73. The smallest absolute Gasteiger partial charge is 0.265 e. The van der Waals surface area contributed by atoms with Gasteiger partial charge in [-0.2, -0.15) is 0 Å². The molecule has 2 aromatic heterocycles. The molecule has 0 aromatic carbocycles. The molecule has 2 N–H and O–H groups in total. The molecule has 7 heteroatoms. The Bertz CT molecular complexity index is 636. The van der Waals surface area contributed by atoms with Crippen molar-refractivity contribution in [3.8, 4) is 0 Å². The number of aromatic nitrogens is 2. The lowest BCUT2D eigenvalue weighted by atomic mass is 9.83. The van der Waals surface area contributed by atoms with E-state index in [0.29, 0.717) is 17.0 Å². The van der Waals surface area contributed by atoms with Crippen molar-refractivity contribution in [1.82, 2.24) is 14.9 Å². The van der Waals surface area contributed by atoms with Crippen LogP contribution in [0.1, 0.15) is 39.5 Å². The number of aliphatic hydroxyl groups is 1. The largest absolute Gasteiger partial charge is 0.469 e. The lowest BCUT2D eigenvalue weighted by Gasteiger charge is -2.31. The summed E-state index contributed by atoms with van der Waals surface area (Å²) < 4.78 is 9.09. The topological polar surface area (TPSA) is 88.2 Å². The van der Waals surface area contributed by atoms with Crippen LogP contribution in [0.15, 0.2) is 16.7 Å². The minimum absolute atomic E-state index is 0.162. The van der Waals surface area contributed by atoms with Gasteiger partial charge >= 0.3 is 0 Å². The molecule has 6 nitrogen and oxygen atoms in total. The van der Waals surface area contributed by atoms with E-state index < -0.39 is 5.60 Å². The van der Waals surface area contributed by atoms with Crippen molar-refractivity contribution < 1.29 is 14.3 Å². The minimum Gasteiger partial charge on any atom is -0.469 e. The molecule has 0 fully saturated rings. The van der Waals surface area contributed by atoms with E-state index in [-0.39, 0.29) is 12.5 Å². The van der Waals surface area contributed by atoms with Crippen molar-refractivity contribution in [3.05, 3.63) is 34.2 Å². The van der Waals surface area contributed by atoms with Crippen LogP contribution >= 0.6 is 11.5 Å². The summed E-state index contributed by atoms with van der Waals surface area (Å²) in [4.78, 5) is 12.5. The number of aryl methyl sites for hydroxylation is 2. The van der Waals surface area contributed by atoms with Gasteiger partial charge in [-0.3, -0.25) is 4.79 Å². The van der Waals surface area contributed by atoms with Crippen LogP contribution in [0, 0.1) is 6.92 Å². The average Bonchev–Trinajstić information content (AvgIpc) is 3.05. The number of hydrogen-bond donors (Lipinski definition) is 2. The van der Waals surface area contributed by atoms with Gasteiger partial charge in [0.15, 0.2) is 0 Å². The Hall–Kier alpha value is -1.73. The highest BCUT2D eigenvalue weighted by Gasteiger charge is 2.36. The van der Waals surface area contributed by atoms with Crippen molar-refractivity contribution in [3.63, 3.8) is 0 Å². The van der Waals surface area contributed by atoms with Crippen molar-refractivity contribution >= 4 is 17.4 Å². The summed E-state index contributed by atoms with van der Waals surface area (Å²) in [7, 11) is 0. The molecule has 0 radical (unpaired) electrons. The maximum absolute atomic E-state index is 12.0. The molecule has 3 rings (SSSR count). The number of rotatable bonds is 3. The molecule has 2 aromatic rings. The fourth-order valence-electron chi connectivity index (χ4n) is 2.56. The zero-order valence-electron chi connectivity index (χ0n) is 11.0. The lowest BCUT2D eigenvalue weighted by Crippen LogP contribution is -2.42. The van der Waals surface area contributed by atoms with Gasteiger partial charge in [-0.15, -0.1) is 5.10 Å². The van der Waals surface area contributed by atoms with Gasteiger partial charge < -0.3 is 14.8 Å². The second-order valence-corrected chi connectivity index (χ2v) is 5.77. The van der Waals surface area contributed by atoms with Crippen LogP contribution in [0.25, 0.3) is 0 Å². The second kappa shape index (κ2) is 4.99. The molecule has 0 aliphatic heterocycles. The first kappa shape index (κ1) is 13.3. The van der Waals surface area contributed by atoms with Crippen LogP contribution in [0.5, 0.6) is 0 Å². The molecule has 0 saturated carbocycles. The highest BCUT2D eigenvalue weighted by molar-refractivity contribution is 7.07. The molecule has 0 saturated heterocycles. The Morgan fingerprint density at radius 3 is 3.25 bits per heavy atom. The number of carbonyl (C=O) groups excluding carboxylic acids is 1. The summed E-state index contributed by atoms with van der Waals surface area (Å²) in [6, 6.07) is 1.78. The quantitative estimate of drug-likeness (QED) is 0.893. The summed E-state index contributed by atoms with van der Waals surface area (Å²) in [6.45, 7) is 1.90. The van der Waals surface area contributed by atoms with Gasteiger partial charge in [-0.1, -0.05) is 4.49 Å². The molecule has 106 valence electrons. The zero-order chi connectivity index (χ0) is 14.2. The number of fused-ring (bicyclic) bond motifs is 1. The SMILES string of the molecule is Cc1nnsc1C(=O)NCC1(O)CCCc2occc21. The van der Waals surface area contributed by atoms with Crippen molar-refractivity contribution in [1.29, 1.82) is 0 Å². The molecular weight excluding hydrogens is 278 g/mol. The first-order valence-corrected chi connectivity index (χ1v) is 7.24. The monoisotopic (exact) mass is 293 g/mol. The summed E-state index contributed by atoms with van der Waals surface area (Å²) >= 11 is 1.06. The third kappa shape index (κ3) is 2.23. The summed E-state index contributed by atoms with van der Waals surface area (Å²) in [5.41, 5.74) is 0.331. The molecule has 0 spiro atoms. The van der Waals surface area contributed by atoms with E-state index in [9.17, 15) is 9.90 Å². The number of amides is 1. The van der Waals surface area contributed by atoms with Gasteiger partial charge in [0.2, 0.25) is 0 Å². The van der Waals surface area contributed by atoms with Gasteiger partial charge in [-0.25, -0.2) is 0 Å². The van der Waals surface area contributed by atoms with Gasteiger partial charge in [0.1, 0.15) is 16.2 Å². The highest BCUT2D eigenvalue weighted by atomic mass is 32.1. The molecule has 1 aliphatic rings. The fourth-order valence-corrected chi connectivity index (χ4v) is 3.13. The van der Waals surface area contributed by atoms with Crippen LogP contribution in [-0.2, 0) is 12.0 Å². The molecule has 2 heterocycles. The summed E-state index contributed by atoms with van der Waals surface area (Å²) in [5.74, 6) is 0.560. The summed E-state index contributed by atoms with van der Waals surface area (Å²) in [5, 5.41) is 17.3. The minimum atomic E-state index is -1.05. The predicted molar refractivity (Wildman–Crippen MR) is 72.5 cm³/mol. The number of furan rings is 1. The van der Waals surface area contributed by atoms with Crippen LogP contribution in [0.3, 0.4) is 0 Å². The van der Waals surface area contributed by atoms with E-state index in [1.165, 1.54) is 0 Å². The third-order valence-corrected chi connectivity index (χ3v) is 4.47. The van der Waals surface area contributed by atoms with Crippen LogP contribution in [0.2, 0.25) is 0 Å². The first-order valence-electron chi connectivity index (χ1n) is 6.46. The normalized spacial score (nSPS) is 21.5. The molecule has 1 amide bonds. The Kier molecular flexibility index (Phi) is 3.31. The van der Waals surface area contributed by atoms with Gasteiger partial charge in [0.05, 0.1) is 18.5 Å². The molecule has 1 aliphatic carbocycles. The van der Waals surface area contributed by atoms with Gasteiger partial charge in [0.25, 0.3) is 5.91 Å². The van der Waals surface area contributed by atoms with E-state index in [1.54, 1.807) is 19.3 Å².